The van der Waals surface area contributed by atoms with Crippen molar-refractivity contribution in [3.05, 3.63) is 17.7 Å². The Morgan fingerprint density at radius 1 is 1.31 bits per heavy atom. The molecule has 16 heavy (non-hydrogen) atoms. The highest BCUT2D eigenvalue weighted by atomic mass is 19.4. The molecule has 0 radical (unpaired) electrons. The summed E-state index contributed by atoms with van der Waals surface area (Å²) < 4.78 is 41.5. The third kappa shape index (κ3) is 2.30. The van der Waals surface area contributed by atoms with Crippen LogP contribution >= 0.6 is 0 Å². The zero-order valence-corrected chi connectivity index (χ0v) is 8.25. The number of methoxy groups -OCH3 is 1. The number of aromatic hydroxyl groups is 2. The van der Waals surface area contributed by atoms with Crippen LogP contribution in [0.1, 0.15) is 11.6 Å². The summed E-state index contributed by atoms with van der Waals surface area (Å²) in [4.78, 5) is 0. The van der Waals surface area contributed by atoms with Gasteiger partial charge >= 0.3 is 6.18 Å². The van der Waals surface area contributed by atoms with E-state index in [1.807, 2.05) is 0 Å². The van der Waals surface area contributed by atoms with Gasteiger partial charge in [0.1, 0.15) is 6.04 Å². The lowest BCUT2D eigenvalue weighted by Crippen LogP contribution is -2.28. The number of phenolic OH excluding ortho intramolecular Hbond substituents is 2. The van der Waals surface area contributed by atoms with Crippen LogP contribution in [0.25, 0.3) is 0 Å². The lowest BCUT2D eigenvalue weighted by molar-refractivity contribution is -0.149. The maximum absolute atomic E-state index is 12.3. The number of hydrogen-bond acceptors (Lipinski definition) is 4. The molecule has 1 aromatic carbocycles. The van der Waals surface area contributed by atoms with Gasteiger partial charge < -0.3 is 20.7 Å². The van der Waals surface area contributed by atoms with Gasteiger partial charge in [0.05, 0.1) is 7.11 Å². The molecule has 0 aliphatic heterocycles. The average Bonchev–Trinajstić information content (AvgIpc) is 2.19. The maximum Gasteiger partial charge on any atom is 0.407 e. The van der Waals surface area contributed by atoms with Gasteiger partial charge in [0.25, 0.3) is 0 Å². The molecule has 1 rings (SSSR count). The Morgan fingerprint density at radius 2 is 1.88 bits per heavy atom. The number of ether oxygens (including phenoxy) is 1. The van der Waals surface area contributed by atoms with E-state index in [1.165, 1.54) is 0 Å². The molecule has 0 saturated heterocycles. The molecule has 0 aliphatic carbocycles. The number of hydrogen-bond donors (Lipinski definition) is 3. The monoisotopic (exact) mass is 237 g/mol. The molecule has 0 bridgehead atoms. The van der Waals surface area contributed by atoms with Gasteiger partial charge in [-0.1, -0.05) is 0 Å². The Balaban J connectivity index is 3.21. The molecule has 4 N–H and O–H groups in total. The molecule has 1 unspecified atom stereocenters. The van der Waals surface area contributed by atoms with Crippen LogP contribution in [0, 0.1) is 0 Å². The lowest BCUT2D eigenvalue weighted by atomic mass is 10.1. The summed E-state index contributed by atoms with van der Waals surface area (Å²) in [6.45, 7) is 0. The van der Waals surface area contributed by atoms with Crippen molar-refractivity contribution < 1.29 is 28.1 Å². The number of phenols is 2. The largest absolute Gasteiger partial charge is 0.504 e. The minimum Gasteiger partial charge on any atom is -0.504 e. The van der Waals surface area contributed by atoms with Crippen LogP contribution < -0.4 is 10.5 Å². The van der Waals surface area contributed by atoms with Crippen molar-refractivity contribution in [2.45, 2.75) is 12.2 Å². The topological polar surface area (TPSA) is 75.7 Å². The molecule has 1 atom stereocenters. The van der Waals surface area contributed by atoms with Crippen molar-refractivity contribution in [1.29, 1.82) is 0 Å². The van der Waals surface area contributed by atoms with Crippen LogP contribution in [-0.2, 0) is 0 Å². The van der Waals surface area contributed by atoms with E-state index in [9.17, 15) is 23.4 Å². The maximum atomic E-state index is 12.3. The zero-order chi connectivity index (χ0) is 12.5. The molecule has 0 aliphatic rings. The van der Waals surface area contributed by atoms with Gasteiger partial charge in [0.15, 0.2) is 11.5 Å². The summed E-state index contributed by atoms with van der Waals surface area (Å²) in [5, 5.41) is 18.4. The predicted molar refractivity (Wildman–Crippen MR) is 49.3 cm³/mol. The molecule has 0 saturated carbocycles. The first-order valence-corrected chi connectivity index (χ1v) is 4.19. The number of rotatable bonds is 2. The van der Waals surface area contributed by atoms with Crippen molar-refractivity contribution in [3.8, 4) is 17.2 Å². The molecule has 7 heteroatoms. The van der Waals surface area contributed by atoms with Gasteiger partial charge in [0, 0.05) is 0 Å². The minimum atomic E-state index is -4.63. The lowest BCUT2D eigenvalue weighted by Gasteiger charge is -2.17. The molecule has 0 spiro atoms. The van der Waals surface area contributed by atoms with Gasteiger partial charge in [-0.25, -0.2) is 0 Å². The highest BCUT2D eigenvalue weighted by Gasteiger charge is 2.38. The summed E-state index contributed by atoms with van der Waals surface area (Å²) in [7, 11) is 1.15. The summed E-state index contributed by atoms with van der Waals surface area (Å²) in [5.74, 6) is -1.61. The van der Waals surface area contributed by atoms with E-state index in [2.05, 4.69) is 4.74 Å². The van der Waals surface area contributed by atoms with Crippen LogP contribution in [0.3, 0.4) is 0 Å². The second-order valence-electron chi connectivity index (χ2n) is 3.11. The SMILES string of the molecule is COc1cc(C(N)C(F)(F)F)cc(O)c1O. The fourth-order valence-electron chi connectivity index (χ4n) is 1.14. The first-order chi connectivity index (χ1) is 7.27. The molecule has 1 aromatic rings. The third-order valence-electron chi connectivity index (χ3n) is 2.01. The molecule has 0 fully saturated rings. The Labute approximate surface area is 89.1 Å². The first-order valence-electron chi connectivity index (χ1n) is 4.19. The van der Waals surface area contributed by atoms with E-state index in [0.717, 1.165) is 19.2 Å². The Kier molecular flexibility index (Phi) is 3.18. The van der Waals surface area contributed by atoms with Crippen LogP contribution in [0.15, 0.2) is 12.1 Å². The van der Waals surface area contributed by atoms with E-state index in [-0.39, 0.29) is 11.3 Å². The van der Waals surface area contributed by atoms with Crippen molar-refractivity contribution >= 4 is 0 Å². The molecular formula is C9H10F3NO3. The average molecular weight is 237 g/mol. The van der Waals surface area contributed by atoms with E-state index < -0.39 is 23.7 Å². The second kappa shape index (κ2) is 4.09. The van der Waals surface area contributed by atoms with Crippen LogP contribution in [-0.4, -0.2) is 23.5 Å². The molecular weight excluding hydrogens is 227 g/mol. The summed E-state index contributed by atoms with van der Waals surface area (Å²) in [5.41, 5.74) is 4.55. The summed E-state index contributed by atoms with van der Waals surface area (Å²) in [6, 6.07) is -0.573. The summed E-state index contributed by atoms with van der Waals surface area (Å²) in [6.07, 6.45) is -4.63. The number of nitrogens with two attached hydrogens (primary N) is 1. The van der Waals surface area contributed by atoms with Gasteiger partial charge in [-0.05, 0) is 17.7 Å². The summed E-state index contributed by atoms with van der Waals surface area (Å²) >= 11 is 0. The van der Waals surface area contributed by atoms with Gasteiger partial charge in [0.2, 0.25) is 5.75 Å². The molecule has 0 amide bonds. The van der Waals surface area contributed by atoms with Crippen molar-refractivity contribution in [3.63, 3.8) is 0 Å². The van der Waals surface area contributed by atoms with Crippen LogP contribution in [0.5, 0.6) is 17.2 Å². The fourth-order valence-corrected chi connectivity index (χ4v) is 1.14. The van der Waals surface area contributed by atoms with Crippen molar-refractivity contribution in [2.24, 2.45) is 5.73 Å². The molecule has 4 nitrogen and oxygen atoms in total. The minimum absolute atomic E-state index is 0.269. The normalized spacial score (nSPS) is 13.6. The van der Waals surface area contributed by atoms with Gasteiger partial charge in [-0.2, -0.15) is 13.2 Å². The highest BCUT2D eigenvalue weighted by Crippen LogP contribution is 2.40. The van der Waals surface area contributed by atoms with E-state index in [0.29, 0.717) is 0 Å². The smallest absolute Gasteiger partial charge is 0.407 e. The Hall–Kier alpha value is -1.63. The van der Waals surface area contributed by atoms with Crippen molar-refractivity contribution in [1.82, 2.24) is 0 Å². The predicted octanol–water partition coefficient (Wildman–Crippen LogP) is 1.67. The van der Waals surface area contributed by atoms with E-state index in [4.69, 9.17) is 5.73 Å². The molecule has 0 heterocycles. The highest BCUT2D eigenvalue weighted by molar-refractivity contribution is 5.52. The second-order valence-corrected chi connectivity index (χ2v) is 3.11. The number of benzene rings is 1. The third-order valence-corrected chi connectivity index (χ3v) is 2.01. The Bertz CT molecular complexity index is 392. The fraction of sp³-hybridized carbons (Fsp3) is 0.333. The van der Waals surface area contributed by atoms with Crippen molar-refractivity contribution in [2.75, 3.05) is 7.11 Å². The van der Waals surface area contributed by atoms with Crippen LogP contribution in [0.4, 0.5) is 13.2 Å². The molecule has 0 aromatic heterocycles. The standard InChI is InChI=1S/C9H10F3NO3/c1-16-6-3-4(2-5(14)7(6)15)8(13)9(10,11)12/h2-3,8,14-15H,13H2,1H3. The number of alkyl halides is 3. The van der Waals surface area contributed by atoms with Gasteiger partial charge in [-0.3, -0.25) is 0 Å². The zero-order valence-electron chi connectivity index (χ0n) is 8.25. The van der Waals surface area contributed by atoms with E-state index >= 15 is 0 Å². The molecule has 90 valence electrons. The quantitative estimate of drug-likeness (QED) is 0.684. The Morgan fingerprint density at radius 3 is 2.31 bits per heavy atom. The van der Waals surface area contributed by atoms with Gasteiger partial charge in [-0.15, -0.1) is 0 Å². The van der Waals surface area contributed by atoms with E-state index in [1.54, 1.807) is 0 Å². The first kappa shape index (κ1) is 12.4. The number of halogens is 3. The van der Waals surface area contributed by atoms with Crippen LogP contribution in [0.2, 0.25) is 0 Å².